The van der Waals surface area contributed by atoms with E-state index in [4.69, 9.17) is 0 Å². The predicted octanol–water partition coefficient (Wildman–Crippen LogP) is 3.85. The average molecular weight is 273 g/mol. The molecule has 2 heteroatoms. The van der Waals surface area contributed by atoms with Gasteiger partial charge in [0.15, 0.2) is 5.78 Å². The Labute approximate surface area is 123 Å². The van der Waals surface area contributed by atoms with Gasteiger partial charge >= 0.3 is 0 Å². The monoisotopic (exact) mass is 273 g/mol. The molecule has 1 N–H and O–H groups in total. The molecule has 2 nitrogen and oxygen atoms in total. The lowest BCUT2D eigenvalue weighted by molar-refractivity contribution is 0.0943. The number of hydrogen-bond acceptors (Lipinski definition) is 2. The summed E-state index contributed by atoms with van der Waals surface area (Å²) in [6, 6.07) is 8.19. The van der Waals surface area contributed by atoms with Gasteiger partial charge in [-0.15, -0.1) is 0 Å². The molecule has 1 aliphatic heterocycles. The van der Waals surface area contributed by atoms with Crippen molar-refractivity contribution in [2.75, 3.05) is 13.1 Å². The molecule has 20 heavy (non-hydrogen) atoms. The van der Waals surface area contributed by atoms with E-state index in [9.17, 15) is 4.79 Å². The van der Waals surface area contributed by atoms with Gasteiger partial charge < -0.3 is 5.32 Å². The molecule has 0 spiro atoms. The lowest BCUT2D eigenvalue weighted by atomic mass is 9.83. The Hall–Kier alpha value is -1.15. The van der Waals surface area contributed by atoms with Crippen LogP contribution in [0.4, 0.5) is 0 Å². The smallest absolute Gasteiger partial charge is 0.163 e. The molecule has 1 heterocycles. The maximum atomic E-state index is 12.4. The molecule has 1 saturated heterocycles. The van der Waals surface area contributed by atoms with Crippen molar-refractivity contribution in [3.8, 4) is 0 Å². The third-order valence-corrected chi connectivity index (χ3v) is 4.43. The summed E-state index contributed by atoms with van der Waals surface area (Å²) in [6.45, 7) is 6.61. The van der Waals surface area contributed by atoms with E-state index in [2.05, 4.69) is 31.3 Å². The van der Waals surface area contributed by atoms with Crippen molar-refractivity contribution in [1.82, 2.24) is 5.32 Å². The first-order valence-corrected chi connectivity index (χ1v) is 8.03. The van der Waals surface area contributed by atoms with Crippen LogP contribution in [-0.4, -0.2) is 18.9 Å². The van der Waals surface area contributed by atoms with Crippen molar-refractivity contribution < 1.29 is 4.79 Å². The van der Waals surface area contributed by atoms with Crippen molar-refractivity contribution >= 4 is 5.78 Å². The molecular weight excluding hydrogens is 246 g/mol. The summed E-state index contributed by atoms with van der Waals surface area (Å²) in [4.78, 5) is 12.4. The molecule has 2 atom stereocenters. The van der Waals surface area contributed by atoms with E-state index in [1.165, 1.54) is 18.4 Å². The number of ketones is 1. The van der Waals surface area contributed by atoms with Gasteiger partial charge in [0, 0.05) is 12.0 Å². The molecule has 1 fully saturated rings. The van der Waals surface area contributed by atoms with Gasteiger partial charge in [0.1, 0.15) is 0 Å². The fraction of sp³-hybridized carbons (Fsp3) is 0.611. The minimum absolute atomic E-state index is 0.307. The van der Waals surface area contributed by atoms with Gasteiger partial charge in [-0.1, -0.05) is 38.5 Å². The van der Waals surface area contributed by atoms with Gasteiger partial charge in [0.25, 0.3) is 0 Å². The predicted molar refractivity (Wildman–Crippen MR) is 84.1 cm³/mol. The van der Waals surface area contributed by atoms with Crippen LogP contribution in [0.3, 0.4) is 0 Å². The van der Waals surface area contributed by atoms with Gasteiger partial charge in [-0.25, -0.2) is 0 Å². The summed E-state index contributed by atoms with van der Waals surface area (Å²) in [5.74, 6) is 1.44. The van der Waals surface area contributed by atoms with Gasteiger partial charge in [0.05, 0.1) is 0 Å². The summed E-state index contributed by atoms with van der Waals surface area (Å²) in [6.07, 6.45) is 5.37. The minimum Gasteiger partial charge on any atom is -0.316 e. The van der Waals surface area contributed by atoms with Gasteiger partial charge in [-0.3, -0.25) is 4.79 Å². The van der Waals surface area contributed by atoms with Crippen LogP contribution in [0.15, 0.2) is 24.3 Å². The van der Waals surface area contributed by atoms with Crippen LogP contribution in [0.25, 0.3) is 0 Å². The molecule has 1 aliphatic rings. The summed E-state index contributed by atoms with van der Waals surface area (Å²) >= 11 is 0. The Kier molecular flexibility index (Phi) is 5.78. The van der Waals surface area contributed by atoms with Gasteiger partial charge in [-0.2, -0.15) is 0 Å². The fourth-order valence-electron chi connectivity index (χ4n) is 3.13. The van der Waals surface area contributed by atoms with E-state index in [1.807, 2.05) is 12.1 Å². The highest BCUT2D eigenvalue weighted by Gasteiger charge is 2.22. The number of piperidine rings is 1. The SMILES string of the molecule is CCCc1cccc(C(=O)CC(C)C2CCCNC2)c1. The van der Waals surface area contributed by atoms with E-state index in [0.717, 1.165) is 31.5 Å². The maximum Gasteiger partial charge on any atom is 0.163 e. The van der Waals surface area contributed by atoms with Crippen LogP contribution in [-0.2, 0) is 6.42 Å². The topological polar surface area (TPSA) is 29.1 Å². The van der Waals surface area contributed by atoms with Gasteiger partial charge in [0.2, 0.25) is 0 Å². The summed E-state index contributed by atoms with van der Waals surface area (Å²) in [5.41, 5.74) is 2.18. The summed E-state index contributed by atoms with van der Waals surface area (Å²) in [7, 11) is 0. The number of benzene rings is 1. The van der Waals surface area contributed by atoms with Crippen molar-refractivity contribution in [2.24, 2.45) is 11.8 Å². The number of Topliss-reactive ketones (excluding diaryl/α,β-unsaturated/α-hetero) is 1. The largest absolute Gasteiger partial charge is 0.316 e. The zero-order valence-electron chi connectivity index (χ0n) is 12.8. The summed E-state index contributed by atoms with van der Waals surface area (Å²) in [5, 5.41) is 3.44. The lowest BCUT2D eigenvalue weighted by Crippen LogP contribution is -2.34. The third-order valence-electron chi connectivity index (χ3n) is 4.43. The summed E-state index contributed by atoms with van der Waals surface area (Å²) < 4.78 is 0. The number of nitrogens with one attached hydrogen (secondary N) is 1. The first-order valence-electron chi connectivity index (χ1n) is 8.03. The zero-order chi connectivity index (χ0) is 14.4. The Morgan fingerprint density at radius 3 is 3.00 bits per heavy atom. The second-order valence-corrected chi connectivity index (χ2v) is 6.16. The highest BCUT2D eigenvalue weighted by molar-refractivity contribution is 5.96. The zero-order valence-corrected chi connectivity index (χ0v) is 12.8. The van der Waals surface area contributed by atoms with Crippen molar-refractivity contribution in [2.45, 2.75) is 46.0 Å². The van der Waals surface area contributed by atoms with Crippen LogP contribution >= 0.6 is 0 Å². The highest BCUT2D eigenvalue weighted by atomic mass is 16.1. The number of carbonyl (C=O) groups is 1. The second-order valence-electron chi connectivity index (χ2n) is 6.16. The molecule has 2 rings (SSSR count). The molecule has 110 valence electrons. The Balaban J connectivity index is 1.94. The third kappa shape index (κ3) is 4.17. The number of aryl methyl sites for hydroxylation is 1. The Bertz CT molecular complexity index is 435. The maximum absolute atomic E-state index is 12.4. The highest BCUT2D eigenvalue weighted by Crippen LogP contribution is 2.24. The van der Waals surface area contributed by atoms with Crippen molar-refractivity contribution in [1.29, 1.82) is 0 Å². The molecule has 1 aromatic carbocycles. The van der Waals surface area contributed by atoms with E-state index < -0.39 is 0 Å². The Morgan fingerprint density at radius 1 is 1.45 bits per heavy atom. The minimum atomic E-state index is 0.307. The molecule has 0 saturated carbocycles. The van der Waals surface area contributed by atoms with E-state index in [-0.39, 0.29) is 0 Å². The van der Waals surface area contributed by atoms with Crippen LogP contribution in [0.2, 0.25) is 0 Å². The lowest BCUT2D eigenvalue weighted by Gasteiger charge is -2.28. The van der Waals surface area contributed by atoms with Crippen molar-refractivity contribution in [3.05, 3.63) is 35.4 Å². The average Bonchev–Trinajstić information content (AvgIpc) is 2.48. The Morgan fingerprint density at radius 2 is 2.30 bits per heavy atom. The molecular formula is C18H27NO. The first kappa shape index (κ1) is 15.2. The normalized spacial score (nSPS) is 20.6. The van der Waals surface area contributed by atoms with Crippen molar-refractivity contribution in [3.63, 3.8) is 0 Å². The van der Waals surface area contributed by atoms with E-state index in [1.54, 1.807) is 0 Å². The first-order chi connectivity index (χ1) is 9.70. The number of hydrogen-bond donors (Lipinski definition) is 1. The number of rotatable bonds is 6. The standard InChI is InChI=1S/C18H27NO/c1-3-6-15-7-4-8-16(12-15)18(20)11-14(2)17-9-5-10-19-13-17/h4,7-8,12,14,17,19H,3,5-6,9-11,13H2,1-2H3. The van der Waals surface area contributed by atoms with Crippen LogP contribution in [0.1, 0.15) is 55.5 Å². The molecule has 0 amide bonds. The van der Waals surface area contributed by atoms with E-state index >= 15 is 0 Å². The molecule has 0 radical (unpaired) electrons. The molecule has 0 bridgehead atoms. The van der Waals surface area contributed by atoms with E-state index in [0.29, 0.717) is 24.0 Å². The molecule has 1 aromatic rings. The molecule has 2 unspecified atom stereocenters. The van der Waals surface area contributed by atoms with Gasteiger partial charge in [-0.05, 0) is 55.8 Å². The molecule has 0 aromatic heterocycles. The second kappa shape index (κ2) is 7.58. The quantitative estimate of drug-likeness (QED) is 0.798. The van der Waals surface area contributed by atoms with Crippen LogP contribution in [0, 0.1) is 11.8 Å². The molecule has 0 aliphatic carbocycles. The number of carbonyl (C=O) groups excluding carboxylic acids is 1. The van der Waals surface area contributed by atoms with Crippen LogP contribution in [0.5, 0.6) is 0 Å². The van der Waals surface area contributed by atoms with Crippen LogP contribution < -0.4 is 5.32 Å². The fourth-order valence-corrected chi connectivity index (χ4v) is 3.13.